The lowest BCUT2D eigenvalue weighted by Gasteiger charge is -2.12. The second-order valence-electron chi connectivity index (χ2n) is 5.15. The third kappa shape index (κ3) is 5.41. The third-order valence-electron chi connectivity index (χ3n) is 3.40. The van der Waals surface area contributed by atoms with Crippen LogP contribution in [0.15, 0.2) is 66.7 Å². The van der Waals surface area contributed by atoms with Crippen LogP contribution >= 0.6 is 0 Å². The molecule has 0 aliphatic rings. The Balaban J connectivity index is 1.65. The molecule has 1 heteroatoms. The molecule has 2 aromatic carbocycles. The normalized spacial score (nSPS) is 12.7. The van der Waals surface area contributed by atoms with Crippen LogP contribution in [0.5, 0.6) is 0 Å². The van der Waals surface area contributed by atoms with Crippen LogP contribution in [-0.4, -0.2) is 12.6 Å². The van der Waals surface area contributed by atoms with Gasteiger partial charge in [-0.2, -0.15) is 0 Å². The topological polar surface area (TPSA) is 12.0 Å². The molecule has 1 atom stereocenters. The van der Waals surface area contributed by atoms with E-state index in [1.54, 1.807) is 0 Å². The van der Waals surface area contributed by atoms with Crippen LogP contribution in [-0.2, 0) is 6.42 Å². The quantitative estimate of drug-likeness (QED) is 0.786. The Labute approximate surface area is 122 Å². The first-order valence-electron chi connectivity index (χ1n) is 7.33. The van der Waals surface area contributed by atoms with Crippen LogP contribution in [0.4, 0.5) is 0 Å². The van der Waals surface area contributed by atoms with E-state index in [0.29, 0.717) is 6.04 Å². The van der Waals surface area contributed by atoms with E-state index in [4.69, 9.17) is 0 Å². The van der Waals surface area contributed by atoms with Crippen LogP contribution in [0.1, 0.15) is 24.5 Å². The maximum absolute atomic E-state index is 3.54. The number of rotatable bonds is 7. The number of benzene rings is 2. The van der Waals surface area contributed by atoms with Gasteiger partial charge in [-0.1, -0.05) is 72.8 Å². The predicted molar refractivity (Wildman–Crippen MR) is 87.7 cm³/mol. The molecule has 0 bridgehead atoms. The zero-order chi connectivity index (χ0) is 14.0. The highest BCUT2D eigenvalue weighted by atomic mass is 14.9. The lowest BCUT2D eigenvalue weighted by molar-refractivity contribution is 0.543. The molecule has 0 spiro atoms. The Morgan fingerprint density at radius 1 is 0.950 bits per heavy atom. The Morgan fingerprint density at radius 2 is 1.60 bits per heavy atom. The summed E-state index contributed by atoms with van der Waals surface area (Å²) in [6.45, 7) is 3.17. The molecule has 2 aromatic rings. The van der Waals surface area contributed by atoms with Crippen LogP contribution in [0.3, 0.4) is 0 Å². The number of nitrogens with one attached hydrogen (secondary N) is 1. The minimum absolute atomic E-state index is 0.538. The maximum atomic E-state index is 3.54. The zero-order valence-electron chi connectivity index (χ0n) is 12.1. The van der Waals surface area contributed by atoms with Gasteiger partial charge in [0, 0.05) is 12.6 Å². The molecule has 1 nitrogen and oxygen atoms in total. The summed E-state index contributed by atoms with van der Waals surface area (Å²) >= 11 is 0. The van der Waals surface area contributed by atoms with E-state index in [9.17, 15) is 0 Å². The van der Waals surface area contributed by atoms with E-state index in [1.807, 2.05) is 6.07 Å². The highest BCUT2D eigenvalue weighted by Gasteiger charge is 2.00. The largest absolute Gasteiger partial charge is 0.311 e. The van der Waals surface area contributed by atoms with Gasteiger partial charge >= 0.3 is 0 Å². The molecular formula is C19H23N. The fourth-order valence-corrected chi connectivity index (χ4v) is 2.16. The Kier molecular flexibility index (Phi) is 6.07. The number of hydrogen-bond acceptors (Lipinski definition) is 1. The molecule has 0 aliphatic carbocycles. The summed E-state index contributed by atoms with van der Waals surface area (Å²) in [4.78, 5) is 0. The van der Waals surface area contributed by atoms with Gasteiger partial charge in [-0.3, -0.25) is 0 Å². The lowest BCUT2D eigenvalue weighted by Crippen LogP contribution is -2.26. The average molecular weight is 265 g/mol. The first kappa shape index (κ1) is 14.5. The van der Waals surface area contributed by atoms with Crippen molar-refractivity contribution in [3.05, 3.63) is 77.9 Å². The second-order valence-corrected chi connectivity index (χ2v) is 5.15. The maximum Gasteiger partial charge on any atom is 0.0140 e. The van der Waals surface area contributed by atoms with Crippen molar-refractivity contribution in [1.29, 1.82) is 0 Å². The van der Waals surface area contributed by atoms with E-state index >= 15 is 0 Å². The minimum atomic E-state index is 0.538. The summed E-state index contributed by atoms with van der Waals surface area (Å²) in [6, 6.07) is 21.6. The summed E-state index contributed by atoms with van der Waals surface area (Å²) in [7, 11) is 0. The number of hydrogen-bond donors (Lipinski definition) is 1. The minimum Gasteiger partial charge on any atom is -0.311 e. The molecule has 0 heterocycles. The Bertz CT molecular complexity index is 502. The zero-order valence-corrected chi connectivity index (χ0v) is 12.1. The molecule has 2 rings (SSSR count). The highest BCUT2D eigenvalue weighted by molar-refractivity contribution is 5.48. The summed E-state index contributed by atoms with van der Waals surface area (Å²) in [5.41, 5.74) is 2.67. The summed E-state index contributed by atoms with van der Waals surface area (Å²) < 4.78 is 0. The molecule has 0 aliphatic heterocycles. The molecule has 0 radical (unpaired) electrons. The molecule has 0 amide bonds. The van der Waals surface area contributed by atoms with Crippen LogP contribution in [0.25, 0.3) is 6.08 Å². The van der Waals surface area contributed by atoms with Gasteiger partial charge in [-0.25, -0.2) is 0 Å². The molecule has 1 unspecified atom stereocenters. The van der Waals surface area contributed by atoms with Gasteiger partial charge in [0.1, 0.15) is 0 Å². The van der Waals surface area contributed by atoms with Crippen molar-refractivity contribution in [2.24, 2.45) is 0 Å². The van der Waals surface area contributed by atoms with E-state index < -0.39 is 0 Å². The Hall–Kier alpha value is -1.86. The van der Waals surface area contributed by atoms with Gasteiger partial charge in [0.2, 0.25) is 0 Å². The molecule has 0 aromatic heterocycles. The van der Waals surface area contributed by atoms with E-state index in [0.717, 1.165) is 13.0 Å². The molecule has 0 saturated carbocycles. The highest BCUT2D eigenvalue weighted by Crippen LogP contribution is 2.05. The van der Waals surface area contributed by atoms with E-state index in [1.165, 1.54) is 17.5 Å². The molecule has 104 valence electrons. The van der Waals surface area contributed by atoms with E-state index in [2.05, 4.69) is 79.0 Å². The van der Waals surface area contributed by atoms with Crippen LogP contribution in [0.2, 0.25) is 0 Å². The lowest BCUT2D eigenvalue weighted by atomic mass is 10.1. The Morgan fingerprint density at radius 3 is 2.30 bits per heavy atom. The van der Waals surface area contributed by atoms with Gasteiger partial charge < -0.3 is 5.32 Å². The molecular weight excluding hydrogens is 242 g/mol. The summed E-state index contributed by atoms with van der Waals surface area (Å²) in [5, 5.41) is 3.54. The van der Waals surface area contributed by atoms with Crippen molar-refractivity contribution in [1.82, 2.24) is 5.32 Å². The molecule has 0 saturated heterocycles. The molecule has 1 N–H and O–H groups in total. The molecule has 20 heavy (non-hydrogen) atoms. The van der Waals surface area contributed by atoms with Crippen molar-refractivity contribution < 1.29 is 0 Å². The first-order valence-corrected chi connectivity index (χ1v) is 7.33. The van der Waals surface area contributed by atoms with Crippen molar-refractivity contribution >= 4 is 6.08 Å². The monoisotopic (exact) mass is 265 g/mol. The van der Waals surface area contributed by atoms with Gasteiger partial charge in [-0.15, -0.1) is 0 Å². The van der Waals surface area contributed by atoms with Crippen LogP contribution in [0, 0.1) is 0 Å². The first-order chi connectivity index (χ1) is 9.84. The van der Waals surface area contributed by atoms with Gasteiger partial charge in [0.15, 0.2) is 0 Å². The SMILES string of the molecule is CC(CCc1ccccc1)NCC=Cc1ccccc1. The van der Waals surface area contributed by atoms with Crippen molar-refractivity contribution in [2.75, 3.05) is 6.54 Å². The second kappa shape index (κ2) is 8.34. The van der Waals surface area contributed by atoms with Gasteiger partial charge in [-0.05, 0) is 30.9 Å². The average Bonchev–Trinajstić information content (AvgIpc) is 2.52. The fraction of sp³-hybridized carbons (Fsp3) is 0.263. The predicted octanol–water partition coefficient (Wildman–Crippen LogP) is 4.31. The smallest absolute Gasteiger partial charge is 0.0140 e. The molecule has 0 fully saturated rings. The standard InChI is InChI=1S/C19H23N/c1-17(14-15-19-11-6-3-7-12-19)20-16-8-13-18-9-4-2-5-10-18/h2-13,17,20H,14-16H2,1H3. The van der Waals surface area contributed by atoms with E-state index in [-0.39, 0.29) is 0 Å². The van der Waals surface area contributed by atoms with Crippen molar-refractivity contribution in [3.8, 4) is 0 Å². The van der Waals surface area contributed by atoms with Crippen molar-refractivity contribution in [2.45, 2.75) is 25.8 Å². The summed E-state index contributed by atoms with van der Waals surface area (Å²) in [5.74, 6) is 0. The third-order valence-corrected chi connectivity index (χ3v) is 3.40. The van der Waals surface area contributed by atoms with Crippen molar-refractivity contribution in [3.63, 3.8) is 0 Å². The fourth-order valence-electron chi connectivity index (χ4n) is 2.16. The van der Waals surface area contributed by atoms with Gasteiger partial charge in [0.05, 0.1) is 0 Å². The summed E-state index contributed by atoms with van der Waals surface area (Å²) in [6.07, 6.45) is 6.66. The van der Waals surface area contributed by atoms with Gasteiger partial charge in [0.25, 0.3) is 0 Å². The van der Waals surface area contributed by atoms with Crippen LogP contribution < -0.4 is 5.32 Å². The number of aryl methyl sites for hydroxylation is 1.